The summed E-state index contributed by atoms with van der Waals surface area (Å²) in [5.41, 5.74) is 1.39. The Kier molecular flexibility index (Phi) is 6.03. The second-order valence-corrected chi connectivity index (χ2v) is 6.03. The van der Waals surface area contributed by atoms with E-state index in [-0.39, 0.29) is 12.2 Å². The molecule has 2 rings (SSSR count). The van der Waals surface area contributed by atoms with Gasteiger partial charge in [0.1, 0.15) is 0 Å². The van der Waals surface area contributed by atoms with Gasteiger partial charge in [-0.2, -0.15) is 0 Å². The number of rotatable bonds is 5. The Hall–Kier alpha value is -2.03. The third-order valence-corrected chi connectivity index (χ3v) is 3.77. The summed E-state index contributed by atoms with van der Waals surface area (Å²) in [4.78, 5) is 10.1. The van der Waals surface area contributed by atoms with Crippen LogP contribution >= 0.6 is 28.1 Å². The molecule has 120 valence electrons. The Labute approximate surface area is 146 Å². The van der Waals surface area contributed by atoms with Crippen molar-refractivity contribution < 1.29 is 10.0 Å². The maximum absolute atomic E-state index is 10.6. The number of non-ortho nitro benzene ring substituents is 1. The first-order valence-corrected chi connectivity index (χ1v) is 7.88. The largest absolute Gasteiger partial charge is 0.387 e. The molecule has 0 amide bonds. The molecule has 0 radical (unpaired) electrons. The van der Waals surface area contributed by atoms with E-state index in [0.29, 0.717) is 10.7 Å². The number of halogens is 1. The quantitative estimate of drug-likeness (QED) is 0.408. The van der Waals surface area contributed by atoms with Crippen molar-refractivity contribution in [3.8, 4) is 0 Å². The molecular formula is C15H14BrN3O3S. The van der Waals surface area contributed by atoms with Gasteiger partial charge in [0.2, 0.25) is 0 Å². The Balaban J connectivity index is 1.87. The zero-order valence-electron chi connectivity index (χ0n) is 11.9. The van der Waals surface area contributed by atoms with Gasteiger partial charge in [-0.05, 0) is 48.1 Å². The Morgan fingerprint density at radius 2 is 2.00 bits per heavy atom. The van der Waals surface area contributed by atoms with Crippen LogP contribution in [0.3, 0.4) is 0 Å². The van der Waals surface area contributed by atoms with E-state index in [1.54, 1.807) is 0 Å². The number of hydrogen-bond donors (Lipinski definition) is 3. The van der Waals surface area contributed by atoms with Crippen molar-refractivity contribution >= 4 is 44.6 Å². The molecule has 1 atom stereocenters. The fraction of sp³-hybridized carbons (Fsp3) is 0.133. The molecule has 3 N–H and O–H groups in total. The number of anilines is 1. The minimum atomic E-state index is -0.821. The van der Waals surface area contributed by atoms with Gasteiger partial charge in [0.05, 0.1) is 11.0 Å². The third kappa shape index (κ3) is 5.27. The van der Waals surface area contributed by atoms with Crippen LogP contribution in [0.4, 0.5) is 11.4 Å². The van der Waals surface area contributed by atoms with Gasteiger partial charge in [0.25, 0.3) is 5.69 Å². The average Bonchev–Trinajstić information content (AvgIpc) is 2.52. The lowest BCUT2D eigenvalue weighted by Crippen LogP contribution is -2.32. The van der Waals surface area contributed by atoms with E-state index >= 15 is 0 Å². The summed E-state index contributed by atoms with van der Waals surface area (Å²) in [6, 6.07) is 13.3. The molecule has 0 spiro atoms. The third-order valence-electron chi connectivity index (χ3n) is 3.03. The van der Waals surface area contributed by atoms with Crippen molar-refractivity contribution in [3.05, 3.63) is 68.7 Å². The molecule has 23 heavy (non-hydrogen) atoms. The maximum Gasteiger partial charge on any atom is 0.269 e. The fourth-order valence-corrected chi connectivity index (χ4v) is 2.47. The van der Waals surface area contributed by atoms with Gasteiger partial charge in [-0.15, -0.1) is 0 Å². The van der Waals surface area contributed by atoms with E-state index in [2.05, 4.69) is 26.6 Å². The first kappa shape index (κ1) is 17.3. The normalized spacial score (nSPS) is 11.6. The van der Waals surface area contributed by atoms with E-state index in [4.69, 9.17) is 12.2 Å². The van der Waals surface area contributed by atoms with Crippen LogP contribution in [0.2, 0.25) is 0 Å². The zero-order valence-corrected chi connectivity index (χ0v) is 14.3. The molecule has 2 aromatic carbocycles. The second-order valence-electron chi connectivity index (χ2n) is 4.71. The van der Waals surface area contributed by atoms with Gasteiger partial charge in [-0.1, -0.05) is 22.0 Å². The smallest absolute Gasteiger partial charge is 0.269 e. The minimum absolute atomic E-state index is 0.0132. The summed E-state index contributed by atoms with van der Waals surface area (Å²) >= 11 is 8.53. The molecule has 0 saturated carbocycles. The Morgan fingerprint density at radius 1 is 1.30 bits per heavy atom. The van der Waals surface area contributed by atoms with E-state index in [0.717, 1.165) is 10.2 Å². The van der Waals surface area contributed by atoms with Crippen LogP contribution in [0.15, 0.2) is 53.0 Å². The average molecular weight is 396 g/mol. The van der Waals surface area contributed by atoms with Crippen molar-refractivity contribution in [2.75, 3.05) is 11.9 Å². The van der Waals surface area contributed by atoms with Gasteiger partial charge in [0, 0.05) is 28.8 Å². The SMILES string of the molecule is O=[N+]([O-])c1ccc([C@@H](O)CNC(=S)Nc2cccc(Br)c2)cc1. The van der Waals surface area contributed by atoms with Crippen molar-refractivity contribution in [1.82, 2.24) is 5.32 Å². The minimum Gasteiger partial charge on any atom is -0.387 e. The number of aliphatic hydroxyl groups excluding tert-OH is 1. The molecule has 0 aliphatic rings. The number of nitrogens with one attached hydrogen (secondary N) is 2. The van der Waals surface area contributed by atoms with Crippen LogP contribution in [0.1, 0.15) is 11.7 Å². The number of aliphatic hydroxyl groups is 1. The summed E-state index contributed by atoms with van der Waals surface area (Å²) in [6.07, 6.45) is -0.821. The first-order valence-electron chi connectivity index (χ1n) is 6.68. The van der Waals surface area contributed by atoms with E-state index < -0.39 is 11.0 Å². The number of nitrogens with zero attached hydrogens (tertiary/aromatic N) is 1. The molecule has 0 aromatic heterocycles. The van der Waals surface area contributed by atoms with E-state index in [1.807, 2.05) is 24.3 Å². The van der Waals surface area contributed by atoms with E-state index in [9.17, 15) is 15.2 Å². The molecule has 0 saturated heterocycles. The zero-order chi connectivity index (χ0) is 16.8. The van der Waals surface area contributed by atoms with Crippen molar-refractivity contribution in [1.29, 1.82) is 0 Å². The standard InChI is InChI=1S/C15H14BrN3O3S/c16-11-2-1-3-12(8-11)18-15(23)17-9-14(20)10-4-6-13(7-5-10)19(21)22/h1-8,14,20H,9H2,(H2,17,18,23)/t14-/m0/s1. The maximum atomic E-state index is 10.6. The summed E-state index contributed by atoms with van der Waals surface area (Å²) < 4.78 is 0.927. The van der Waals surface area contributed by atoms with Crippen LogP contribution in [0.25, 0.3) is 0 Å². The first-order chi connectivity index (χ1) is 11.0. The summed E-state index contributed by atoms with van der Waals surface area (Å²) in [5.74, 6) is 0. The van der Waals surface area contributed by atoms with Crippen LogP contribution in [0, 0.1) is 10.1 Å². The predicted molar refractivity (Wildman–Crippen MR) is 96.4 cm³/mol. The summed E-state index contributed by atoms with van der Waals surface area (Å²) in [6.45, 7) is 0.192. The Morgan fingerprint density at radius 3 is 2.61 bits per heavy atom. The van der Waals surface area contributed by atoms with Gasteiger partial charge in [-0.25, -0.2) is 0 Å². The van der Waals surface area contributed by atoms with Crippen molar-refractivity contribution in [3.63, 3.8) is 0 Å². The van der Waals surface area contributed by atoms with Gasteiger partial charge in [0.15, 0.2) is 5.11 Å². The molecule has 0 aliphatic heterocycles. The van der Waals surface area contributed by atoms with Gasteiger partial charge >= 0.3 is 0 Å². The number of thiocarbonyl (C=S) groups is 1. The monoisotopic (exact) mass is 395 g/mol. The molecule has 8 heteroatoms. The molecule has 0 fully saturated rings. The lowest BCUT2D eigenvalue weighted by molar-refractivity contribution is -0.384. The number of benzene rings is 2. The highest BCUT2D eigenvalue weighted by atomic mass is 79.9. The number of hydrogen-bond acceptors (Lipinski definition) is 4. The molecule has 0 unspecified atom stereocenters. The molecule has 6 nitrogen and oxygen atoms in total. The highest BCUT2D eigenvalue weighted by molar-refractivity contribution is 9.10. The highest BCUT2D eigenvalue weighted by Gasteiger charge is 2.11. The lowest BCUT2D eigenvalue weighted by Gasteiger charge is -2.15. The molecular weight excluding hydrogens is 382 g/mol. The Bertz CT molecular complexity index is 709. The topological polar surface area (TPSA) is 87.4 Å². The van der Waals surface area contributed by atoms with Crippen molar-refractivity contribution in [2.45, 2.75) is 6.10 Å². The van der Waals surface area contributed by atoms with Crippen LogP contribution < -0.4 is 10.6 Å². The highest BCUT2D eigenvalue weighted by Crippen LogP contribution is 2.18. The molecule has 2 aromatic rings. The fourth-order valence-electron chi connectivity index (χ4n) is 1.87. The van der Waals surface area contributed by atoms with Gasteiger partial charge in [-0.3, -0.25) is 10.1 Å². The lowest BCUT2D eigenvalue weighted by atomic mass is 10.1. The number of nitro groups is 1. The van der Waals surface area contributed by atoms with Crippen LogP contribution in [-0.2, 0) is 0 Å². The predicted octanol–water partition coefficient (Wildman–Crippen LogP) is 3.38. The van der Waals surface area contributed by atoms with Crippen LogP contribution in [0.5, 0.6) is 0 Å². The molecule has 0 heterocycles. The summed E-state index contributed by atoms with van der Waals surface area (Å²) in [7, 11) is 0. The molecule has 0 bridgehead atoms. The van der Waals surface area contributed by atoms with Gasteiger partial charge < -0.3 is 15.7 Å². The summed E-state index contributed by atoms with van der Waals surface area (Å²) in [5, 5.41) is 27.0. The van der Waals surface area contributed by atoms with E-state index in [1.165, 1.54) is 24.3 Å². The molecule has 0 aliphatic carbocycles. The van der Waals surface area contributed by atoms with Crippen molar-refractivity contribution in [2.24, 2.45) is 0 Å². The van der Waals surface area contributed by atoms with Crippen LogP contribution in [-0.4, -0.2) is 21.7 Å². The number of nitro benzene ring substituents is 1. The second kappa shape index (κ2) is 8.00.